The number of nitro groups is 1. The minimum absolute atomic E-state index is 0.112. The molecular formula is C21H15F2NO5. The molecule has 29 heavy (non-hydrogen) atoms. The van der Waals surface area contributed by atoms with Crippen LogP contribution in [0.3, 0.4) is 0 Å². The summed E-state index contributed by atoms with van der Waals surface area (Å²) >= 11 is 0. The van der Waals surface area contributed by atoms with Crippen molar-refractivity contribution in [2.24, 2.45) is 0 Å². The molecule has 0 aliphatic rings. The first-order valence-electron chi connectivity index (χ1n) is 8.44. The lowest BCUT2D eigenvalue weighted by molar-refractivity contribution is -0.384. The second kappa shape index (κ2) is 8.47. The third kappa shape index (κ3) is 4.21. The normalized spacial score (nSPS) is 11.6. The molecule has 0 radical (unpaired) electrons. The van der Waals surface area contributed by atoms with Crippen molar-refractivity contribution in [3.8, 4) is 5.75 Å². The van der Waals surface area contributed by atoms with Gasteiger partial charge in [0.05, 0.1) is 17.6 Å². The predicted molar refractivity (Wildman–Crippen MR) is 99.7 cm³/mol. The number of nitrogens with zero attached hydrogens (tertiary/aromatic N) is 1. The number of ether oxygens (including phenoxy) is 2. The number of hydrogen-bond acceptors (Lipinski definition) is 5. The van der Waals surface area contributed by atoms with Crippen LogP contribution in [0.4, 0.5) is 14.5 Å². The van der Waals surface area contributed by atoms with Crippen LogP contribution in [0.5, 0.6) is 5.75 Å². The Kier molecular flexibility index (Phi) is 5.82. The Balaban J connectivity index is 2.15. The minimum atomic E-state index is -1.25. The van der Waals surface area contributed by atoms with Crippen LogP contribution in [0.15, 0.2) is 66.7 Å². The average Bonchev–Trinajstić information content (AvgIpc) is 2.73. The molecule has 0 amide bonds. The van der Waals surface area contributed by atoms with Crippen LogP contribution in [-0.2, 0) is 4.74 Å². The van der Waals surface area contributed by atoms with E-state index in [9.17, 15) is 23.7 Å². The number of rotatable bonds is 6. The van der Waals surface area contributed by atoms with Gasteiger partial charge in [0.1, 0.15) is 22.9 Å². The average molecular weight is 399 g/mol. The third-order valence-electron chi connectivity index (χ3n) is 4.19. The van der Waals surface area contributed by atoms with Gasteiger partial charge in [-0.1, -0.05) is 36.4 Å². The van der Waals surface area contributed by atoms with E-state index in [0.29, 0.717) is 5.56 Å². The molecule has 3 aromatic rings. The summed E-state index contributed by atoms with van der Waals surface area (Å²) in [6.07, 6.45) is -1.25. The summed E-state index contributed by atoms with van der Waals surface area (Å²) in [4.78, 5) is 22.5. The van der Waals surface area contributed by atoms with Crippen LogP contribution in [-0.4, -0.2) is 18.0 Å². The first-order valence-corrected chi connectivity index (χ1v) is 8.44. The van der Waals surface area contributed by atoms with Crippen LogP contribution >= 0.6 is 0 Å². The quantitative estimate of drug-likeness (QED) is 0.337. The molecule has 8 heteroatoms. The third-order valence-corrected chi connectivity index (χ3v) is 4.19. The number of methoxy groups -OCH3 is 1. The zero-order valence-electron chi connectivity index (χ0n) is 15.2. The van der Waals surface area contributed by atoms with E-state index in [1.54, 1.807) is 30.3 Å². The zero-order valence-corrected chi connectivity index (χ0v) is 15.2. The molecule has 1 unspecified atom stereocenters. The van der Waals surface area contributed by atoms with Crippen molar-refractivity contribution < 1.29 is 28.0 Å². The molecule has 0 spiro atoms. The van der Waals surface area contributed by atoms with Crippen LogP contribution in [0.2, 0.25) is 0 Å². The molecule has 0 fully saturated rings. The first-order chi connectivity index (χ1) is 13.9. The van der Waals surface area contributed by atoms with E-state index in [1.165, 1.54) is 12.1 Å². The Morgan fingerprint density at radius 3 is 2.24 bits per heavy atom. The molecule has 0 heterocycles. The van der Waals surface area contributed by atoms with Crippen molar-refractivity contribution in [3.63, 3.8) is 0 Å². The van der Waals surface area contributed by atoms with Gasteiger partial charge in [-0.05, 0) is 23.8 Å². The van der Waals surface area contributed by atoms with E-state index in [0.717, 1.165) is 31.4 Å². The molecule has 3 aromatic carbocycles. The molecule has 3 rings (SSSR count). The molecule has 1 atom stereocenters. The zero-order chi connectivity index (χ0) is 21.0. The highest BCUT2D eigenvalue weighted by Crippen LogP contribution is 2.34. The number of esters is 1. The minimum Gasteiger partial charge on any atom is -0.480 e. The molecule has 0 N–H and O–H groups in total. The van der Waals surface area contributed by atoms with Crippen molar-refractivity contribution in [2.45, 2.75) is 6.10 Å². The number of halogens is 2. The van der Waals surface area contributed by atoms with E-state index in [1.807, 2.05) is 0 Å². The van der Waals surface area contributed by atoms with E-state index >= 15 is 0 Å². The maximum absolute atomic E-state index is 14.5. The molecule has 0 aliphatic heterocycles. The van der Waals surface area contributed by atoms with Gasteiger partial charge in [0.2, 0.25) is 0 Å². The fraction of sp³-hybridized carbons (Fsp3) is 0.0952. The summed E-state index contributed by atoms with van der Waals surface area (Å²) < 4.78 is 39.5. The number of nitro benzene ring substituents is 1. The van der Waals surface area contributed by atoms with Gasteiger partial charge < -0.3 is 9.47 Å². The summed E-state index contributed by atoms with van der Waals surface area (Å²) in [5.41, 5.74) is -0.524. The fourth-order valence-corrected chi connectivity index (χ4v) is 2.81. The largest absolute Gasteiger partial charge is 0.480 e. The first kappa shape index (κ1) is 19.9. The smallest absolute Gasteiger partial charge is 0.341 e. The van der Waals surface area contributed by atoms with E-state index in [-0.39, 0.29) is 22.6 Å². The Bertz CT molecular complexity index is 1040. The highest BCUT2D eigenvalue weighted by Gasteiger charge is 2.27. The van der Waals surface area contributed by atoms with Crippen molar-refractivity contribution in [2.75, 3.05) is 7.11 Å². The van der Waals surface area contributed by atoms with Crippen LogP contribution in [0.25, 0.3) is 0 Å². The highest BCUT2D eigenvalue weighted by atomic mass is 19.1. The maximum Gasteiger partial charge on any atom is 0.341 e. The van der Waals surface area contributed by atoms with Crippen molar-refractivity contribution in [1.29, 1.82) is 0 Å². The van der Waals surface area contributed by atoms with Crippen LogP contribution in [0, 0.1) is 21.7 Å². The standard InChI is InChI=1S/C21H15F2NO5/c1-28-21(25)15-12-14(24(26)27)10-11-18(15)29-20(13-6-3-2-4-7-13)19-16(22)8-5-9-17(19)23/h2-12,20H,1H3. The number of non-ortho nitro benzene ring substituents is 1. The monoisotopic (exact) mass is 399 g/mol. The Labute approximate surface area is 164 Å². The lowest BCUT2D eigenvalue weighted by Crippen LogP contribution is -2.15. The molecule has 0 saturated carbocycles. The molecule has 6 nitrogen and oxygen atoms in total. The Morgan fingerprint density at radius 2 is 1.66 bits per heavy atom. The summed E-state index contributed by atoms with van der Waals surface area (Å²) in [6, 6.07) is 15.0. The summed E-state index contributed by atoms with van der Waals surface area (Å²) in [5, 5.41) is 11.0. The summed E-state index contributed by atoms with van der Waals surface area (Å²) in [5.74, 6) is -2.66. The summed E-state index contributed by atoms with van der Waals surface area (Å²) in [7, 11) is 1.11. The van der Waals surface area contributed by atoms with Gasteiger partial charge in [-0.2, -0.15) is 0 Å². The second-order valence-corrected chi connectivity index (χ2v) is 5.97. The number of carbonyl (C=O) groups excluding carboxylic acids is 1. The molecule has 0 saturated heterocycles. The lowest BCUT2D eigenvalue weighted by Gasteiger charge is -2.22. The molecule has 0 aromatic heterocycles. The highest BCUT2D eigenvalue weighted by molar-refractivity contribution is 5.93. The lowest BCUT2D eigenvalue weighted by atomic mass is 10.00. The Hall–Kier alpha value is -3.81. The van der Waals surface area contributed by atoms with Gasteiger partial charge in [-0.15, -0.1) is 0 Å². The molecule has 148 valence electrons. The SMILES string of the molecule is COC(=O)c1cc([N+](=O)[O-])ccc1OC(c1ccccc1)c1c(F)cccc1F. The van der Waals surface area contributed by atoms with Crippen molar-refractivity contribution >= 4 is 11.7 Å². The number of hydrogen-bond donors (Lipinski definition) is 0. The number of benzene rings is 3. The van der Waals surface area contributed by atoms with E-state index < -0.39 is 28.6 Å². The van der Waals surface area contributed by atoms with Gasteiger partial charge in [-0.25, -0.2) is 13.6 Å². The summed E-state index contributed by atoms with van der Waals surface area (Å²) in [6.45, 7) is 0. The second-order valence-electron chi connectivity index (χ2n) is 5.97. The van der Waals surface area contributed by atoms with Gasteiger partial charge >= 0.3 is 5.97 Å². The topological polar surface area (TPSA) is 78.7 Å². The van der Waals surface area contributed by atoms with Gasteiger partial charge in [-0.3, -0.25) is 10.1 Å². The van der Waals surface area contributed by atoms with Gasteiger partial charge in [0, 0.05) is 12.1 Å². The predicted octanol–water partition coefficient (Wildman–Crippen LogP) is 4.83. The molecule has 0 bridgehead atoms. The van der Waals surface area contributed by atoms with Gasteiger partial charge in [0.15, 0.2) is 6.10 Å². The molecule has 0 aliphatic carbocycles. The fourth-order valence-electron chi connectivity index (χ4n) is 2.81. The van der Waals surface area contributed by atoms with E-state index in [4.69, 9.17) is 4.74 Å². The molecular weight excluding hydrogens is 384 g/mol. The van der Waals surface area contributed by atoms with E-state index in [2.05, 4.69) is 4.74 Å². The van der Waals surface area contributed by atoms with Crippen LogP contribution in [0.1, 0.15) is 27.6 Å². The van der Waals surface area contributed by atoms with Crippen molar-refractivity contribution in [1.82, 2.24) is 0 Å². The van der Waals surface area contributed by atoms with Crippen LogP contribution < -0.4 is 4.74 Å². The number of carbonyl (C=O) groups is 1. The van der Waals surface area contributed by atoms with Crippen molar-refractivity contribution in [3.05, 3.63) is 105 Å². The van der Waals surface area contributed by atoms with Gasteiger partial charge in [0.25, 0.3) is 5.69 Å². The maximum atomic E-state index is 14.5. The Morgan fingerprint density at radius 1 is 1.00 bits per heavy atom.